The van der Waals surface area contributed by atoms with Crippen molar-refractivity contribution in [3.63, 3.8) is 0 Å². The number of phenols is 1. The highest BCUT2D eigenvalue weighted by atomic mass is 35.5. The van der Waals surface area contributed by atoms with E-state index in [2.05, 4.69) is 4.74 Å². The number of hydrogen-bond acceptors (Lipinski definition) is 4. The van der Waals surface area contributed by atoms with Crippen molar-refractivity contribution >= 4 is 17.6 Å². The van der Waals surface area contributed by atoms with Crippen LogP contribution in [0, 0.1) is 0 Å². The lowest BCUT2D eigenvalue weighted by Crippen LogP contribution is -2.01. The highest BCUT2D eigenvalue weighted by Gasteiger charge is 2.12. The summed E-state index contributed by atoms with van der Waals surface area (Å²) in [4.78, 5) is 11.5. The molecule has 20 heavy (non-hydrogen) atoms. The summed E-state index contributed by atoms with van der Waals surface area (Å²) in [5, 5.41) is 9.94. The lowest BCUT2D eigenvalue weighted by molar-refractivity contribution is 0.0601. The second kappa shape index (κ2) is 5.84. The van der Waals surface area contributed by atoms with Crippen LogP contribution in [-0.2, 0) is 4.74 Å². The molecule has 0 radical (unpaired) electrons. The number of rotatable bonds is 3. The molecule has 104 valence electrons. The van der Waals surface area contributed by atoms with E-state index in [1.807, 2.05) is 0 Å². The summed E-state index contributed by atoms with van der Waals surface area (Å²) in [6, 6.07) is 9.82. The summed E-state index contributed by atoms with van der Waals surface area (Å²) in [5.74, 6) is 0.135. The van der Waals surface area contributed by atoms with Crippen molar-refractivity contribution in [1.82, 2.24) is 0 Å². The van der Waals surface area contributed by atoms with E-state index in [-0.39, 0.29) is 10.8 Å². The van der Waals surface area contributed by atoms with Gasteiger partial charge in [0.2, 0.25) is 0 Å². The van der Waals surface area contributed by atoms with Crippen LogP contribution < -0.4 is 4.74 Å². The van der Waals surface area contributed by atoms with Crippen LogP contribution >= 0.6 is 11.6 Å². The van der Waals surface area contributed by atoms with Gasteiger partial charge < -0.3 is 14.6 Å². The zero-order chi connectivity index (χ0) is 14.7. The lowest BCUT2D eigenvalue weighted by atomic mass is 10.0. The number of aromatic hydroxyl groups is 1. The number of methoxy groups -OCH3 is 2. The minimum absolute atomic E-state index is 0.0903. The van der Waals surface area contributed by atoms with E-state index in [4.69, 9.17) is 16.3 Å². The molecule has 5 heteroatoms. The van der Waals surface area contributed by atoms with Gasteiger partial charge in [-0.3, -0.25) is 0 Å². The zero-order valence-corrected chi connectivity index (χ0v) is 11.8. The molecule has 1 N–H and O–H groups in total. The van der Waals surface area contributed by atoms with Gasteiger partial charge in [0, 0.05) is 6.07 Å². The van der Waals surface area contributed by atoms with Crippen LogP contribution in [0.15, 0.2) is 36.4 Å². The molecular weight excluding hydrogens is 280 g/mol. The van der Waals surface area contributed by atoms with Crippen LogP contribution in [0.2, 0.25) is 5.02 Å². The predicted octanol–water partition coefficient (Wildman–Crippen LogP) is 3.51. The van der Waals surface area contributed by atoms with Crippen LogP contribution in [0.5, 0.6) is 11.5 Å². The second-order valence-corrected chi connectivity index (χ2v) is 4.51. The average Bonchev–Trinajstić information content (AvgIpc) is 2.45. The average molecular weight is 293 g/mol. The third kappa shape index (κ3) is 2.86. The molecule has 0 bridgehead atoms. The lowest BCUT2D eigenvalue weighted by Gasteiger charge is -2.08. The fourth-order valence-electron chi connectivity index (χ4n) is 1.84. The maximum atomic E-state index is 11.5. The SMILES string of the molecule is COC(=O)c1ccc(-c2cc(O)cc(OC)c2)cc1Cl. The topological polar surface area (TPSA) is 55.8 Å². The summed E-state index contributed by atoms with van der Waals surface area (Å²) in [5.41, 5.74) is 1.79. The van der Waals surface area contributed by atoms with Gasteiger partial charge in [-0.2, -0.15) is 0 Å². The second-order valence-electron chi connectivity index (χ2n) is 4.11. The Morgan fingerprint density at radius 3 is 2.45 bits per heavy atom. The molecule has 0 atom stereocenters. The molecule has 0 amide bonds. The smallest absolute Gasteiger partial charge is 0.339 e. The van der Waals surface area contributed by atoms with Gasteiger partial charge in [0.05, 0.1) is 24.8 Å². The number of carbonyl (C=O) groups is 1. The van der Waals surface area contributed by atoms with Gasteiger partial charge in [-0.1, -0.05) is 17.7 Å². The van der Waals surface area contributed by atoms with Crippen molar-refractivity contribution in [1.29, 1.82) is 0 Å². The molecule has 0 aliphatic carbocycles. The van der Waals surface area contributed by atoms with Gasteiger partial charge in [0.25, 0.3) is 0 Å². The number of hydrogen-bond donors (Lipinski definition) is 1. The Morgan fingerprint density at radius 2 is 1.85 bits per heavy atom. The van der Waals surface area contributed by atoms with Crippen molar-refractivity contribution in [2.75, 3.05) is 14.2 Å². The number of halogens is 1. The van der Waals surface area contributed by atoms with Crippen LogP contribution in [0.3, 0.4) is 0 Å². The fourth-order valence-corrected chi connectivity index (χ4v) is 2.10. The molecule has 0 aliphatic rings. The standard InChI is InChI=1S/C15H13ClO4/c1-19-12-6-10(5-11(17)8-12)9-3-4-13(14(16)7-9)15(18)20-2/h3-8,17H,1-2H3. The van der Waals surface area contributed by atoms with Gasteiger partial charge in [-0.15, -0.1) is 0 Å². The number of ether oxygens (including phenoxy) is 2. The molecule has 0 fully saturated rings. The van der Waals surface area contributed by atoms with Gasteiger partial charge in [0.15, 0.2) is 0 Å². The predicted molar refractivity (Wildman–Crippen MR) is 76.4 cm³/mol. The molecule has 2 aromatic rings. The number of carbonyl (C=O) groups excluding carboxylic acids is 1. The van der Waals surface area contributed by atoms with E-state index in [1.165, 1.54) is 20.3 Å². The van der Waals surface area contributed by atoms with E-state index < -0.39 is 5.97 Å². The molecule has 0 aliphatic heterocycles. The molecular formula is C15H13ClO4. The molecule has 0 aromatic heterocycles. The normalized spacial score (nSPS) is 10.2. The first-order valence-corrected chi connectivity index (χ1v) is 6.19. The van der Waals surface area contributed by atoms with Gasteiger partial charge >= 0.3 is 5.97 Å². The minimum Gasteiger partial charge on any atom is -0.508 e. The number of esters is 1. The Balaban J connectivity index is 2.46. The third-order valence-electron chi connectivity index (χ3n) is 2.83. The monoisotopic (exact) mass is 292 g/mol. The fraction of sp³-hybridized carbons (Fsp3) is 0.133. The highest BCUT2D eigenvalue weighted by Crippen LogP contribution is 2.31. The Kier molecular flexibility index (Phi) is 4.15. The van der Waals surface area contributed by atoms with Crippen molar-refractivity contribution in [3.05, 3.63) is 47.0 Å². The first-order chi connectivity index (χ1) is 9.55. The summed E-state index contributed by atoms with van der Waals surface area (Å²) < 4.78 is 9.73. The Hall–Kier alpha value is -2.20. The Labute approximate surface area is 121 Å². The highest BCUT2D eigenvalue weighted by molar-refractivity contribution is 6.33. The first kappa shape index (κ1) is 14.2. The van der Waals surface area contributed by atoms with Crippen LogP contribution in [0.1, 0.15) is 10.4 Å². The third-order valence-corrected chi connectivity index (χ3v) is 3.15. The molecule has 0 unspecified atom stereocenters. The van der Waals surface area contributed by atoms with Crippen LogP contribution in [0.4, 0.5) is 0 Å². The van der Waals surface area contributed by atoms with Crippen molar-refractivity contribution in [3.8, 4) is 22.6 Å². The number of benzene rings is 2. The van der Waals surface area contributed by atoms with Crippen molar-refractivity contribution < 1.29 is 19.4 Å². The molecule has 0 saturated carbocycles. The van der Waals surface area contributed by atoms with Crippen molar-refractivity contribution in [2.45, 2.75) is 0 Å². The molecule has 0 saturated heterocycles. The quantitative estimate of drug-likeness (QED) is 0.880. The summed E-state index contributed by atoms with van der Waals surface area (Å²) in [6.45, 7) is 0. The Bertz CT molecular complexity index is 652. The van der Waals surface area contributed by atoms with Gasteiger partial charge in [0.1, 0.15) is 11.5 Å². The zero-order valence-electron chi connectivity index (χ0n) is 11.0. The molecule has 0 heterocycles. The molecule has 0 spiro atoms. The summed E-state index contributed by atoms with van der Waals surface area (Å²) >= 11 is 6.07. The van der Waals surface area contributed by atoms with Crippen LogP contribution in [-0.4, -0.2) is 25.3 Å². The summed E-state index contributed by atoms with van der Waals surface area (Å²) in [6.07, 6.45) is 0. The summed E-state index contributed by atoms with van der Waals surface area (Å²) in [7, 11) is 2.82. The molecule has 2 rings (SSSR count). The van der Waals surface area contributed by atoms with E-state index >= 15 is 0 Å². The van der Waals surface area contributed by atoms with Gasteiger partial charge in [-0.05, 0) is 35.4 Å². The molecule has 4 nitrogen and oxygen atoms in total. The van der Waals surface area contributed by atoms with E-state index in [0.717, 1.165) is 11.1 Å². The van der Waals surface area contributed by atoms with E-state index in [9.17, 15) is 9.90 Å². The Morgan fingerprint density at radius 1 is 1.10 bits per heavy atom. The van der Waals surface area contributed by atoms with E-state index in [1.54, 1.807) is 30.3 Å². The largest absolute Gasteiger partial charge is 0.508 e. The van der Waals surface area contributed by atoms with E-state index in [0.29, 0.717) is 11.3 Å². The maximum absolute atomic E-state index is 11.5. The first-order valence-electron chi connectivity index (χ1n) is 5.81. The minimum atomic E-state index is -0.491. The van der Waals surface area contributed by atoms with Crippen LogP contribution in [0.25, 0.3) is 11.1 Å². The van der Waals surface area contributed by atoms with Crippen molar-refractivity contribution in [2.24, 2.45) is 0 Å². The van der Waals surface area contributed by atoms with Gasteiger partial charge in [-0.25, -0.2) is 4.79 Å². The number of phenolic OH excluding ortho intramolecular Hbond substituents is 1. The maximum Gasteiger partial charge on any atom is 0.339 e. The molecule has 2 aromatic carbocycles.